The first kappa shape index (κ1) is 26.9. The zero-order chi connectivity index (χ0) is 17.8. The fraction of sp³-hybridized carbons (Fsp3) is 1.00. The number of hydrogen-bond acceptors (Lipinski definition) is 8. The predicted octanol–water partition coefficient (Wildman–Crippen LogP) is -1.75. The number of rotatable bonds is 15. The molecule has 0 radical (unpaired) electrons. The van der Waals surface area contributed by atoms with E-state index in [1.807, 2.05) is 0 Å². The predicted molar refractivity (Wildman–Crippen MR) is 84.3 cm³/mol. The van der Waals surface area contributed by atoms with E-state index in [2.05, 4.69) is 15.3 Å². The van der Waals surface area contributed by atoms with Crippen LogP contribution >= 0.6 is 0 Å². The Balaban J connectivity index is -0.00000242. The molecule has 0 rings (SSSR count). The van der Waals surface area contributed by atoms with Crippen LogP contribution in [0.3, 0.4) is 0 Å². The van der Waals surface area contributed by atoms with Crippen LogP contribution in [0.2, 0.25) is 0 Å². The largest absolute Gasteiger partial charge is 1.00 e. The van der Waals surface area contributed by atoms with Crippen molar-refractivity contribution in [2.45, 2.75) is 83.4 Å². The number of aliphatic hydroxyl groups excluding tert-OH is 1. The zero-order valence-corrected chi connectivity index (χ0v) is 17.5. The van der Waals surface area contributed by atoms with Crippen molar-refractivity contribution in [3.8, 4) is 0 Å². The van der Waals surface area contributed by atoms with Crippen molar-refractivity contribution in [3.05, 3.63) is 0 Å². The van der Waals surface area contributed by atoms with E-state index in [9.17, 15) is 8.42 Å². The summed E-state index contributed by atoms with van der Waals surface area (Å²) in [5, 5.41) is 34.4. The van der Waals surface area contributed by atoms with E-state index >= 15 is 0 Å². The van der Waals surface area contributed by atoms with Gasteiger partial charge in [-0.15, -0.1) is 0 Å². The summed E-state index contributed by atoms with van der Waals surface area (Å²) in [7, 11) is -4.60. The monoisotopic (exact) mass is 382 g/mol. The van der Waals surface area contributed by atoms with Gasteiger partial charge in [0.2, 0.25) is 0 Å². The molecule has 0 amide bonds. The van der Waals surface area contributed by atoms with E-state index in [1.165, 1.54) is 38.5 Å². The van der Waals surface area contributed by atoms with Crippen molar-refractivity contribution in [3.63, 3.8) is 0 Å². The molecular weight excluding hydrogens is 351 g/mol. The molecule has 0 saturated carbocycles. The molecule has 0 aliphatic heterocycles. The van der Waals surface area contributed by atoms with E-state index in [0.29, 0.717) is 6.42 Å². The maximum atomic E-state index is 11.2. The molecule has 0 fully saturated rings. The van der Waals surface area contributed by atoms with Crippen molar-refractivity contribution in [2.24, 2.45) is 0 Å². The van der Waals surface area contributed by atoms with Gasteiger partial charge >= 0.3 is 45.9 Å². The Morgan fingerprint density at radius 1 is 0.917 bits per heavy atom. The topological polar surface area (TPSA) is 134 Å². The summed E-state index contributed by atoms with van der Waals surface area (Å²) < 4.78 is 30.7. The molecule has 0 aromatic heterocycles. The van der Waals surface area contributed by atoms with Gasteiger partial charge in [0.15, 0.2) is 0 Å². The van der Waals surface area contributed by atoms with Crippen molar-refractivity contribution >= 4 is 10.4 Å². The molecule has 142 valence electrons. The van der Waals surface area contributed by atoms with E-state index in [1.54, 1.807) is 0 Å². The van der Waals surface area contributed by atoms with Crippen LogP contribution in [0.25, 0.3) is 0 Å². The molecule has 0 aromatic rings. The normalized spacial score (nSPS) is 13.5. The molecular formula is C14H31NaO8S. The second-order valence-corrected chi connectivity index (χ2v) is 6.79. The molecule has 24 heavy (non-hydrogen) atoms. The first-order valence-corrected chi connectivity index (χ1v) is 9.45. The molecule has 0 aromatic carbocycles. The quantitative estimate of drug-likeness (QED) is 0.149. The first-order valence-electron chi connectivity index (χ1n) is 8.12. The number of aliphatic hydroxyl groups is 4. The number of unbranched alkanes of at least 4 members (excludes halogenated alkanes) is 9. The Bertz CT molecular complexity index is 389. The molecule has 10 heteroatoms. The zero-order valence-electron chi connectivity index (χ0n) is 15.7. The maximum Gasteiger partial charge on any atom is 1.00 e. The minimum absolute atomic E-state index is 0. The van der Waals surface area contributed by atoms with E-state index in [0.717, 1.165) is 19.3 Å². The molecule has 1 unspecified atom stereocenters. The Morgan fingerprint density at radius 2 is 1.33 bits per heavy atom. The van der Waals surface area contributed by atoms with Crippen LogP contribution < -0.4 is 29.6 Å². The third-order valence-electron chi connectivity index (χ3n) is 3.27. The first-order chi connectivity index (χ1) is 10.7. The SMILES string of the molecule is CCCCCCCCCCCCOS(=O)(=O)OC(O)C(O)(O)O.[H-].[Na+]. The summed E-state index contributed by atoms with van der Waals surface area (Å²) in [6.45, 7) is 2.04. The van der Waals surface area contributed by atoms with Crippen LogP contribution in [0.4, 0.5) is 0 Å². The molecule has 0 saturated heterocycles. The van der Waals surface area contributed by atoms with Crippen LogP contribution in [0.15, 0.2) is 0 Å². The van der Waals surface area contributed by atoms with Gasteiger partial charge in [-0.3, -0.25) is 0 Å². The minimum atomic E-state index is -4.60. The second kappa shape index (κ2) is 14.8. The van der Waals surface area contributed by atoms with Gasteiger partial charge in [0.25, 0.3) is 6.29 Å². The third kappa shape index (κ3) is 16.2. The summed E-state index contributed by atoms with van der Waals surface area (Å²) in [5.74, 6) is -3.67. The van der Waals surface area contributed by atoms with Gasteiger partial charge in [0.05, 0.1) is 6.61 Å². The van der Waals surface area contributed by atoms with Crippen LogP contribution in [0.5, 0.6) is 0 Å². The second-order valence-electron chi connectivity index (χ2n) is 5.55. The average molecular weight is 382 g/mol. The molecule has 1 atom stereocenters. The van der Waals surface area contributed by atoms with Crippen molar-refractivity contribution in [2.75, 3.05) is 6.61 Å². The van der Waals surface area contributed by atoms with E-state index in [-0.39, 0.29) is 37.6 Å². The summed E-state index contributed by atoms with van der Waals surface area (Å²) in [6.07, 6.45) is 8.09. The van der Waals surface area contributed by atoms with Gasteiger partial charge in [-0.2, -0.15) is 8.42 Å². The van der Waals surface area contributed by atoms with Crippen LogP contribution in [0, 0.1) is 0 Å². The van der Waals surface area contributed by atoms with Crippen LogP contribution in [-0.2, 0) is 18.8 Å². The van der Waals surface area contributed by atoms with Crippen molar-refractivity contribution < 1.29 is 68.2 Å². The van der Waals surface area contributed by atoms with Crippen LogP contribution in [-0.4, -0.2) is 47.7 Å². The fourth-order valence-electron chi connectivity index (χ4n) is 1.95. The van der Waals surface area contributed by atoms with Gasteiger partial charge in [-0.25, -0.2) is 8.37 Å². The van der Waals surface area contributed by atoms with Gasteiger partial charge in [0, 0.05) is 0 Å². The van der Waals surface area contributed by atoms with Crippen LogP contribution in [0.1, 0.15) is 72.6 Å². The van der Waals surface area contributed by atoms with Gasteiger partial charge in [-0.1, -0.05) is 64.7 Å². The molecule has 0 aliphatic rings. The fourth-order valence-corrected chi connectivity index (χ4v) is 2.68. The Morgan fingerprint density at radius 3 is 1.75 bits per heavy atom. The van der Waals surface area contributed by atoms with Gasteiger partial charge in [-0.05, 0) is 6.42 Å². The smallest absolute Gasteiger partial charge is 1.00 e. The molecule has 0 aliphatic carbocycles. The summed E-state index contributed by atoms with van der Waals surface area (Å²) in [5.41, 5.74) is 0. The molecule has 4 N–H and O–H groups in total. The molecule has 8 nitrogen and oxygen atoms in total. The molecule has 0 bridgehead atoms. The Kier molecular flexibility index (Phi) is 16.6. The Labute approximate surface area is 168 Å². The van der Waals surface area contributed by atoms with Crippen molar-refractivity contribution in [1.82, 2.24) is 0 Å². The molecule has 0 spiro atoms. The summed E-state index contributed by atoms with van der Waals surface area (Å²) in [4.78, 5) is 0. The molecule has 0 heterocycles. The Hall–Kier alpha value is 0.710. The van der Waals surface area contributed by atoms with Gasteiger partial charge < -0.3 is 21.9 Å². The standard InChI is InChI=1S/C14H30O8S.Na.H/c1-2-3-4-5-6-7-8-9-10-11-12-21-23(19,20)22-13(15)14(16,17)18;;/h13,15-18H,2-12H2,1H3;;/q;+1;-1. The average Bonchev–Trinajstić information content (AvgIpc) is 2.43. The number of hydrogen-bond donors (Lipinski definition) is 4. The van der Waals surface area contributed by atoms with Crippen molar-refractivity contribution in [1.29, 1.82) is 0 Å². The van der Waals surface area contributed by atoms with E-state index in [4.69, 9.17) is 20.4 Å². The van der Waals surface area contributed by atoms with Gasteiger partial charge in [0.1, 0.15) is 0 Å². The van der Waals surface area contributed by atoms with E-state index < -0.39 is 22.7 Å². The summed E-state index contributed by atoms with van der Waals surface area (Å²) in [6, 6.07) is 0. The minimum Gasteiger partial charge on any atom is -1.00 e. The maximum absolute atomic E-state index is 11.2. The third-order valence-corrected chi connectivity index (χ3v) is 4.14. The summed E-state index contributed by atoms with van der Waals surface area (Å²) >= 11 is 0.